The van der Waals surface area contributed by atoms with Crippen LogP contribution in [0.4, 0.5) is 0 Å². The number of carbonyl (C=O) groups excluding carboxylic acids is 3. The molecule has 0 heterocycles. The molecule has 0 aromatic heterocycles. The van der Waals surface area contributed by atoms with Gasteiger partial charge in [0.15, 0.2) is 17.3 Å². The smallest absolute Gasteiger partial charge is 0.545 e. The van der Waals surface area contributed by atoms with Gasteiger partial charge >= 0.3 is 33.1 Å². The second kappa shape index (κ2) is 14.7. The van der Waals surface area contributed by atoms with Gasteiger partial charge in [0.1, 0.15) is 0 Å². The zero-order chi connectivity index (χ0) is 26.7. The first-order valence-corrected chi connectivity index (χ1v) is 12.6. The van der Waals surface area contributed by atoms with E-state index < -0.39 is 33.1 Å². The number of allylic oxidation sites excluding steroid dienone is 3. The molecule has 0 spiro atoms. The summed E-state index contributed by atoms with van der Waals surface area (Å²) < 4.78 is 32.7. The Morgan fingerprint density at radius 3 is 0.824 bits per heavy atom. The maximum atomic E-state index is 12.8. The van der Waals surface area contributed by atoms with Crippen LogP contribution in [0, 0.1) is 0 Å². The van der Waals surface area contributed by atoms with Gasteiger partial charge in [-0.15, -0.1) is 0 Å². The van der Waals surface area contributed by atoms with E-state index in [0.29, 0.717) is 16.7 Å². The molecular formula is C24H39AlO9. The van der Waals surface area contributed by atoms with E-state index in [1.807, 2.05) is 0 Å². The molecule has 0 aliphatic carbocycles. The van der Waals surface area contributed by atoms with Crippen molar-refractivity contribution in [3.05, 3.63) is 34.0 Å². The monoisotopic (exact) mass is 498 g/mol. The van der Waals surface area contributed by atoms with E-state index in [2.05, 4.69) is 0 Å². The fourth-order valence-corrected chi connectivity index (χ4v) is 3.30. The van der Waals surface area contributed by atoms with E-state index in [9.17, 15) is 14.4 Å². The Kier molecular flexibility index (Phi) is 13.7. The molecule has 0 aliphatic rings. The van der Waals surface area contributed by atoms with Gasteiger partial charge in [0.05, 0.1) is 18.3 Å². The van der Waals surface area contributed by atoms with Crippen LogP contribution < -0.4 is 0 Å². The molecule has 10 heteroatoms. The Labute approximate surface area is 208 Å². The van der Waals surface area contributed by atoms with Crippen LogP contribution in [0.15, 0.2) is 34.0 Å². The summed E-state index contributed by atoms with van der Waals surface area (Å²) in [5.74, 6) is -2.88. The highest BCUT2D eigenvalue weighted by molar-refractivity contribution is 6.45. The molecule has 9 nitrogen and oxygen atoms in total. The normalized spacial score (nSPS) is 10.3. The van der Waals surface area contributed by atoms with Crippen LogP contribution in [0.25, 0.3) is 0 Å². The summed E-state index contributed by atoms with van der Waals surface area (Å²) in [5, 5.41) is 0. The lowest BCUT2D eigenvalue weighted by molar-refractivity contribution is -0.148. The molecule has 0 saturated carbocycles. The van der Waals surface area contributed by atoms with Gasteiger partial charge in [-0.05, 0) is 99.8 Å². The molecule has 192 valence electrons. The fourth-order valence-electron chi connectivity index (χ4n) is 2.31. The van der Waals surface area contributed by atoms with Crippen LogP contribution in [-0.4, -0.2) is 51.4 Å². The molecule has 0 unspecified atom stereocenters. The lowest BCUT2D eigenvalue weighted by Gasteiger charge is -2.20. The Bertz CT molecular complexity index is 714. The van der Waals surface area contributed by atoms with Crippen molar-refractivity contribution in [1.82, 2.24) is 0 Å². The standard InChI is InChI=1S/3C8H14O3.Al/c3*1-5(2)7(8(9)10)11-6(3)4;/h3*6H,1-4H3,(H,9,10);/q;;;+3/p-3. The number of carbonyl (C=O) groups is 3. The van der Waals surface area contributed by atoms with Gasteiger partial charge in [-0.1, -0.05) is 0 Å². The van der Waals surface area contributed by atoms with E-state index in [-0.39, 0.29) is 35.6 Å². The molecule has 0 saturated heterocycles. The van der Waals surface area contributed by atoms with Gasteiger partial charge in [0, 0.05) is 0 Å². The molecule has 34 heavy (non-hydrogen) atoms. The highest BCUT2D eigenvalue weighted by atomic mass is 27.3. The molecule has 0 rings (SSSR count). The van der Waals surface area contributed by atoms with Gasteiger partial charge in [-0.3, -0.25) is 0 Å². The topological polar surface area (TPSA) is 107 Å². The lowest BCUT2D eigenvalue weighted by atomic mass is 10.3. The maximum Gasteiger partial charge on any atom is 1.20 e. The average Bonchev–Trinajstić information content (AvgIpc) is 2.66. The van der Waals surface area contributed by atoms with Crippen molar-refractivity contribution < 1.29 is 40.0 Å². The Morgan fingerprint density at radius 2 is 0.676 bits per heavy atom. The molecule has 0 atom stereocenters. The molecule has 0 aromatic rings. The van der Waals surface area contributed by atoms with Crippen LogP contribution in [0.1, 0.15) is 83.1 Å². The van der Waals surface area contributed by atoms with Crippen molar-refractivity contribution in [2.24, 2.45) is 0 Å². The van der Waals surface area contributed by atoms with E-state index in [4.69, 9.17) is 25.6 Å². The van der Waals surface area contributed by atoms with Gasteiger partial charge in [0.2, 0.25) is 0 Å². The average molecular weight is 499 g/mol. The third kappa shape index (κ3) is 11.6. The van der Waals surface area contributed by atoms with E-state index in [1.54, 1.807) is 83.1 Å². The van der Waals surface area contributed by atoms with Crippen molar-refractivity contribution in [3.63, 3.8) is 0 Å². The van der Waals surface area contributed by atoms with Crippen molar-refractivity contribution in [3.8, 4) is 0 Å². The summed E-state index contributed by atoms with van der Waals surface area (Å²) in [5.41, 5.74) is 1.64. The maximum absolute atomic E-state index is 12.8. The molecular weight excluding hydrogens is 459 g/mol. The summed E-state index contributed by atoms with van der Waals surface area (Å²) in [6.07, 6.45) is -0.927. The van der Waals surface area contributed by atoms with Crippen molar-refractivity contribution >= 4 is 33.1 Å². The van der Waals surface area contributed by atoms with Crippen LogP contribution in [0.3, 0.4) is 0 Å². The Morgan fingerprint density at radius 1 is 0.471 bits per heavy atom. The molecule has 0 bridgehead atoms. The fraction of sp³-hybridized carbons (Fsp3) is 0.625. The first-order chi connectivity index (χ1) is 15.6. The molecule has 0 radical (unpaired) electrons. The summed E-state index contributed by atoms with van der Waals surface area (Å²) >= 11 is -3.73. The van der Waals surface area contributed by atoms with Crippen LogP contribution in [0.2, 0.25) is 0 Å². The van der Waals surface area contributed by atoms with E-state index in [0.717, 1.165) is 0 Å². The quantitative estimate of drug-likeness (QED) is 0.214. The minimum atomic E-state index is -3.73. The summed E-state index contributed by atoms with van der Waals surface area (Å²) in [7, 11) is 0. The highest BCUT2D eigenvalue weighted by Gasteiger charge is 2.51. The second-order valence-corrected chi connectivity index (χ2v) is 10.3. The number of ether oxygens (including phenoxy) is 3. The second-order valence-electron chi connectivity index (χ2n) is 8.99. The van der Waals surface area contributed by atoms with Gasteiger partial charge in [0.25, 0.3) is 0 Å². The van der Waals surface area contributed by atoms with Gasteiger partial charge in [-0.2, -0.15) is 0 Å². The summed E-state index contributed by atoms with van der Waals surface area (Å²) in [6.45, 7) is 20.5. The lowest BCUT2D eigenvalue weighted by Crippen LogP contribution is -2.37. The van der Waals surface area contributed by atoms with Crippen LogP contribution in [-0.2, 0) is 40.0 Å². The molecule has 0 aromatic carbocycles. The molecule has 0 fully saturated rings. The van der Waals surface area contributed by atoms with Crippen molar-refractivity contribution in [1.29, 1.82) is 0 Å². The minimum absolute atomic E-state index is 0.0543. The largest absolute Gasteiger partial charge is 1.20 e. The number of hydrogen-bond acceptors (Lipinski definition) is 9. The van der Waals surface area contributed by atoms with Crippen molar-refractivity contribution in [2.45, 2.75) is 101 Å². The first-order valence-electron chi connectivity index (χ1n) is 11.2. The van der Waals surface area contributed by atoms with Gasteiger partial charge < -0.3 is 25.6 Å². The Balaban J connectivity index is 6.06. The van der Waals surface area contributed by atoms with Gasteiger partial charge in [-0.25, -0.2) is 14.4 Å². The minimum Gasteiger partial charge on any atom is -0.545 e. The summed E-state index contributed by atoms with van der Waals surface area (Å²) in [6, 6.07) is 0. The van der Waals surface area contributed by atoms with E-state index in [1.165, 1.54) is 0 Å². The Hall–Kier alpha value is -2.44. The molecule has 0 amide bonds. The number of rotatable bonds is 12. The van der Waals surface area contributed by atoms with Crippen LogP contribution in [0.5, 0.6) is 0 Å². The highest BCUT2D eigenvalue weighted by Crippen LogP contribution is 2.17. The predicted molar refractivity (Wildman–Crippen MR) is 128 cm³/mol. The van der Waals surface area contributed by atoms with Crippen molar-refractivity contribution in [2.75, 3.05) is 0 Å². The first kappa shape index (κ1) is 31.6. The SMILES string of the molecule is CC(C)=C(OC(C)C)C(=O)[O][Al]([O]C(=O)C(OC(C)C)=C(C)C)[O]C(=O)C(OC(C)C)=C(C)C. The molecule has 0 aliphatic heterocycles. The zero-order valence-corrected chi connectivity index (χ0v) is 23.6. The van der Waals surface area contributed by atoms with E-state index >= 15 is 0 Å². The predicted octanol–water partition coefficient (Wildman–Crippen LogP) is 4.76. The zero-order valence-electron chi connectivity index (χ0n) is 22.5. The number of hydrogen-bond donors (Lipinski definition) is 0. The third-order valence-electron chi connectivity index (χ3n) is 3.59. The molecule has 0 N–H and O–H groups in total. The third-order valence-corrected chi connectivity index (χ3v) is 4.81. The summed E-state index contributed by atoms with van der Waals surface area (Å²) in [4.78, 5) is 38.5. The van der Waals surface area contributed by atoms with Crippen LogP contribution >= 0.6 is 0 Å².